The average molecular weight is 774 g/mol. The van der Waals surface area contributed by atoms with Crippen LogP contribution in [0, 0.1) is 29.6 Å². The van der Waals surface area contributed by atoms with Gasteiger partial charge in [0.15, 0.2) is 0 Å². The summed E-state index contributed by atoms with van der Waals surface area (Å²) in [6.07, 6.45) is 12.6. The lowest BCUT2D eigenvalue weighted by atomic mass is 9.83. The Morgan fingerprint density at radius 3 is 2.11 bits per heavy atom. The number of hydrogen-bond acceptors (Lipinski definition) is 10. The molecule has 4 aliphatic carbocycles. The molecule has 2 bridgehead atoms. The van der Waals surface area contributed by atoms with Crippen LogP contribution < -0.4 is 32.7 Å². The zero-order chi connectivity index (χ0) is 39.6. The van der Waals surface area contributed by atoms with E-state index in [1.165, 1.54) is 24.2 Å². The summed E-state index contributed by atoms with van der Waals surface area (Å²) in [5.74, 6) is -2.54. The van der Waals surface area contributed by atoms with Gasteiger partial charge in [-0.1, -0.05) is 52.4 Å². The number of likely N-dealkylation sites (N-methyl/N-ethyl adjacent to an activating group) is 1. The predicted octanol–water partition coefficient (Wildman–Crippen LogP) is 1.40. The molecule has 8 N–H and O–H groups in total. The van der Waals surface area contributed by atoms with Gasteiger partial charge < -0.3 is 47.1 Å². The molecule has 0 aromatic heterocycles. The number of fused-ring (bicyclic) bond motifs is 2. The maximum atomic E-state index is 14.3. The molecule has 3 unspecified atom stereocenters. The van der Waals surface area contributed by atoms with E-state index in [2.05, 4.69) is 21.3 Å². The smallest absolute Gasteiger partial charge is 0.325 e. The average Bonchev–Trinajstić information content (AvgIpc) is 3.69. The maximum absolute atomic E-state index is 14.3. The van der Waals surface area contributed by atoms with Crippen LogP contribution >= 0.6 is 0 Å². The van der Waals surface area contributed by atoms with Crippen LogP contribution in [0.15, 0.2) is 0 Å². The van der Waals surface area contributed by atoms with Gasteiger partial charge in [-0.15, -0.1) is 0 Å². The fourth-order valence-electron chi connectivity index (χ4n) is 9.63. The van der Waals surface area contributed by atoms with Crippen molar-refractivity contribution >= 4 is 35.5 Å². The van der Waals surface area contributed by atoms with Crippen molar-refractivity contribution in [1.29, 1.82) is 0 Å². The molecule has 5 amide bonds. The predicted molar refractivity (Wildman–Crippen MR) is 205 cm³/mol. The van der Waals surface area contributed by atoms with Gasteiger partial charge in [-0.05, 0) is 87.9 Å². The van der Waals surface area contributed by atoms with Crippen LogP contribution in [0.3, 0.4) is 0 Å². The SMILES string of the molecule is CCC[C@H]1C(=O)N[C@@H](C2CCCCCC2)C(=O)N[C@@H](CN)C(=O)N[C@@H](COC2CC(N)C2)C(=O)NCC(=O)O[C@H](CCC2CC3CCC2C3)[C@@H](C)C(=O)N1C. The van der Waals surface area contributed by atoms with Crippen molar-refractivity contribution in [3.05, 3.63) is 0 Å². The number of cyclic esters (lactones) is 1. The van der Waals surface area contributed by atoms with E-state index in [4.69, 9.17) is 20.9 Å². The Morgan fingerprint density at radius 2 is 1.49 bits per heavy atom. The van der Waals surface area contributed by atoms with Gasteiger partial charge in [-0.25, -0.2) is 0 Å². The van der Waals surface area contributed by atoms with E-state index in [1.54, 1.807) is 14.0 Å². The number of esters is 1. The molecule has 310 valence electrons. The normalized spacial score (nSPS) is 36.3. The van der Waals surface area contributed by atoms with Crippen molar-refractivity contribution < 1.29 is 38.2 Å². The van der Waals surface area contributed by atoms with Crippen molar-refractivity contribution in [2.75, 3.05) is 26.7 Å². The number of hydrogen-bond donors (Lipinski definition) is 6. The number of nitrogens with two attached hydrogens (primary N) is 2. The number of nitrogens with zero attached hydrogens (tertiary/aromatic N) is 1. The lowest BCUT2D eigenvalue weighted by Gasteiger charge is -2.34. The van der Waals surface area contributed by atoms with Crippen molar-refractivity contribution in [3.63, 3.8) is 0 Å². The van der Waals surface area contributed by atoms with Crippen molar-refractivity contribution in [2.45, 2.75) is 159 Å². The highest BCUT2D eigenvalue weighted by molar-refractivity contribution is 5.96. The molecule has 55 heavy (non-hydrogen) atoms. The molecule has 15 heteroatoms. The molecule has 4 saturated carbocycles. The summed E-state index contributed by atoms with van der Waals surface area (Å²) < 4.78 is 11.9. The zero-order valence-corrected chi connectivity index (χ0v) is 33.2. The second-order valence-electron chi connectivity index (χ2n) is 17.1. The van der Waals surface area contributed by atoms with Crippen LogP contribution in [0.1, 0.15) is 117 Å². The third-order valence-corrected chi connectivity index (χ3v) is 13.1. The standard InChI is InChI=1S/C40H67N7O8/c1-4-9-32-38(51)46-35(25-10-7-5-6-8-11-25)39(52)44-30(20-41)37(50)45-31(22-54-29-18-28(42)19-29)36(49)43-21-34(48)55-33(23(2)40(53)47(32)3)15-14-27-17-24-12-13-26(27)16-24/h23-33,35H,4-22,41-42H2,1-3H3,(H,43,49)(H,44,52)(H,45,50)(H,46,51)/t23-,24?,26?,27?,28?,29?,30+,31+,32+,33-,35+/m1/s1. The number of nitrogens with one attached hydrogen (secondary N) is 4. The summed E-state index contributed by atoms with van der Waals surface area (Å²) in [7, 11) is 1.59. The van der Waals surface area contributed by atoms with Crippen LogP contribution in [0.5, 0.6) is 0 Å². The fraction of sp³-hybridized carbons (Fsp3) is 0.850. The Labute approximate surface area is 326 Å². The Balaban J connectivity index is 1.42. The van der Waals surface area contributed by atoms with Gasteiger partial charge in [-0.2, -0.15) is 0 Å². The number of amides is 5. The second kappa shape index (κ2) is 20.2. The molecule has 15 nitrogen and oxygen atoms in total. The van der Waals surface area contributed by atoms with Gasteiger partial charge in [0.1, 0.15) is 36.8 Å². The Morgan fingerprint density at radius 1 is 0.782 bits per heavy atom. The van der Waals surface area contributed by atoms with Gasteiger partial charge in [0.05, 0.1) is 18.6 Å². The first-order valence-corrected chi connectivity index (χ1v) is 21.1. The van der Waals surface area contributed by atoms with Crippen LogP contribution in [-0.2, 0) is 38.2 Å². The highest BCUT2D eigenvalue weighted by Crippen LogP contribution is 2.50. The highest BCUT2D eigenvalue weighted by atomic mass is 16.5. The molecule has 5 fully saturated rings. The quantitative estimate of drug-likeness (QED) is 0.138. The van der Waals surface area contributed by atoms with Gasteiger partial charge in [0, 0.05) is 19.6 Å². The number of rotatable bonds is 10. The number of ether oxygens (including phenoxy) is 2. The van der Waals surface area contributed by atoms with Crippen molar-refractivity contribution in [3.8, 4) is 0 Å². The lowest BCUT2D eigenvalue weighted by molar-refractivity contribution is -0.158. The third kappa shape index (κ3) is 11.4. The van der Waals surface area contributed by atoms with Crippen LogP contribution in [-0.4, -0.2) is 110 Å². The van der Waals surface area contributed by atoms with E-state index < -0.39 is 72.3 Å². The first kappa shape index (κ1) is 42.8. The minimum absolute atomic E-state index is 0.000477. The van der Waals surface area contributed by atoms with Gasteiger partial charge in [-0.3, -0.25) is 28.8 Å². The molecule has 5 rings (SSSR count). The molecular formula is C40H67N7O8. The van der Waals surface area contributed by atoms with E-state index in [0.29, 0.717) is 56.8 Å². The van der Waals surface area contributed by atoms with Crippen molar-refractivity contribution in [2.24, 2.45) is 41.1 Å². The third-order valence-electron chi connectivity index (χ3n) is 13.1. The molecule has 5 aliphatic rings. The number of carbonyl (C=O) groups excluding carboxylic acids is 6. The van der Waals surface area contributed by atoms with E-state index in [-0.39, 0.29) is 37.1 Å². The monoisotopic (exact) mass is 774 g/mol. The molecule has 0 aromatic rings. The van der Waals surface area contributed by atoms with Crippen molar-refractivity contribution in [1.82, 2.24) is 26.2 Å². The summed E-state index contributed by atoms with van der Waals surface area (Å²) in [6, 6.07) is -4.32. The highest BCUT2D eigenvalue weighted by Gasteiger charge is 2.42. The van der Waals surface area contributed by atoms with E-state index in [0.717, 1.165) is 44.4 Å². The fourth-order valence-corrected chi connectivity index (χ4v) is 9.63. The number of carbonyl (C=O) groups is 6. The molecule has 0 spiro atoms. The minimum atomic E-state index is -1.23. The first-order valence-electron chi connectivity index (χ1n) is 21.1. The molecule has 1 aliphatic heterocycles. The molecule has 9 atom stereocenters. The topological polar surface area (TPSA) is 224 Å². The zero-order valence-electron chi connectivity index (χ0n) is 33.2. The molecular weight excluding hydrogens is 706 g/mol. The summed E-state index contributed by atoms with van der Waals surface area (Å²) in [6.45, 7) is 2.68. The molecule has 0 radical (unpaired) electrons. The molecule has 1 saturated heterocycles. The second-order valence-corrected chi connectivity index (χ2v) is 17.1. The van der Waals surface area contributed by atoms with Crippen LogP contribution in [0.4, 0.5) is 0 Å². The van der Waals surface area contributed by atoms with E-state index >= 15 is 0 Å². The van der Waals surface area contributed by atoms with Gasteiger partial charge in [0.25, 0.3) is 0 Å². The minimum Gasteiger partial charge on any atom is -0.460 e. The molecule has 0 aromatic carbocycles. The van der Waals surface area contributed by atoms with Gasteiger partial charge >= 0.3 is 5.97 Å². The lowest BCUT2D eigenvalue weighted by Crippen LogP contribution is -2.62. The van der Waals surface area contributed by atoms with Crippen LogP contribution in [0.25, 0.3) is 0 Å². The Bertz CT molecular complexity index is 1350. The summed E-state index contributed by atoms with van der Waals surface area (Å²) in [4.78, 5) is 84.7. The van der Waals surface area contributed by atoms with Gasteiger partial charge in [0.2, 0.25) is 29.5 Å². The Hall–Kier alpha value is -3.30. The first-order chi connectivity index (χ1) is 26.4. The molecule has 1 heterocycles. The largest absolute Gasteiger partial charge is 0.460 e. The van der Waals surface area contributed by atoms with E-state index in [9.17, 15) is 28.8 Å². The maximum Gasteiger partial charge on any atom is 0.325 e. The summed E-state index contributed by atoms with van der Waals surface area (Å²) >= 11 is 0. The van der Waals surface area contributed by atoms with Crippen LogP contribution in [0.2, 0.25) is 0 Å². The summed E-state index contributed by atoms with van der Waals surface area (Å²) in [5.41, 5.74) is 11.9. The Kier molecular flexibility index (Phi) is 15.7. The van der Waals surface area contributed by atoms with E-state index in [1.807, 2.05) is 6.92 Å². The summed E-state index contributed by atoms with van der Waals surface area (Å²) in [5, 5.41) is 11.0.